The van der Waals surface area contributed by atoms with E-state index >= 15 is 0 Å². The van der Waals surface area contributed by atoms with Crippen LogP contribution in [0.5, 0.6) is 0 Å². The topological polar surface area (TPSA) is 38.9 Å². The van der Waals surface area contributed by atoms with E-state index in [0.29, 0.717) is 5.82 Å². The minimum absolute atomic E-state index is 0. The summed E-state index contributed by atoms with van der Waals surface area (Å²) in [5.74, 6) is 0.579. The number of aromatic nitrogens is 1. The summed E-state index contributed by atoms with van der Waals surface area (Å²) >= 11 is 3.57. The van der Waals surface area contributed by atoms with Crippen molar-refractivity contribution in [3.8, 4) is 0 Å². The van der Waals surface area contributed by atoms with Gasteiger partial charge in [0.25, 0.3) is 0 Å². The predicted molar refractivity (Wildman–Crippen MR) is 78.5 cm³/mol. The fourth-order valence-corrected chi connectivity index (χ4v) is 2.60. The average Bonchev–Trinajstić information content (AvgIpc) is 2.30. The molecular weight excluding hydrogens is 287 g/mol. The Bertz CT molecular complexity index is 697. The molecule has 3 rings (SSSR count). The third-order valence-electron chi connectivity index (χ3n) is 2.75. The van der Waals surface area contributed by atoms with Gasteiger partial charge in [0.1, 0.15) is 5.82 Å². The number of rotatable bonds is 0. The molecule has 0 unspecified atom stereocenters. The van der Waals surface area contributed by atoms with Crippen LogP contribution in [0.1, 0.15) is 0 Å². The summed E-state index contributed by atoms with van der Waals surface area (Å²) in [7, 11) is 0. The molecule has 2 N–H and O–H groups in total. The molecule has 4 heteroatoms. The Hall–Kier alpha value is -0.610. The van der Waals surface area contributed by atoms with Crippen LogP contribution < -0.4 is 5.73 Å². The van der Waals surface area contributed by atoms with Gasteiger partial charge in [0.15, 0.2) is 0 Å². The Morgan fingerprint density at radius 2 is 1.82 bits per heavy atom. The van der Waals surface area contributed by atoms with Crippen LogP contribution in [0.2, 0.25) is 0 Å². The molecule has 1 heterocycles. The SMILES string of the molecule is Nc1nccc2c(Br)cc3ccccc3c12.[NaH]. The van der Waals surface area contributed by atoms with Crippen molar-refractivity contribution in [2.45, 2.75) is 0 Å². The van der Waals surface area contributed by atoms with E-state index in [0.717, 1.165) is 20.6 Å². The number of fused-ring (bicyclic) bond motifs is 3. The van der Waals surface area contributed by atoms with E-state index in [1.807, 2.05) is 18.2 Å². The van der Waals surface area contributed by atoms with Crippen molar-refractivity contribution in [3.05, 3.63) is 47.1 Å². The summed E-state index contributed by atoms with van der Waals surface area (Å²) in [4.78, 5) is 4.16. The van der Waals surface area contributed by atoms with Gasteiger partial charge < -0.3 is 5.73 Å². The fraction of sp³-hybridized carbons (Fsp3) is 0. The monoisotopic (exact) mass is 296 g/mol. The fourth-order valence-electron chi connectivity index (χ4n) is 2.02. The van der Waals surface area contributed by atoms with Gasteiger partial charge >= 0.3 is 29.6 Å². The van der Waals surface area contributed by atoms with Crippen LogP contribution in [0.25, 0.3) is 21.5 Å². The number of halogens is 1. The van der Waals surface area contributed by atoms with Gasteiger partial charge in [0.05, 0.1) is 0 Å². The molecule has 0 aliphatic rings. The summed E-state index contributed by atoms with van der Waals surface area (Å²) in [5.41, 5.74) is 5.96. The Morgan fingerprint density at radius 1 is 1.06 bits per heavy atom. The number of nitrogens with zero attached hydrogens (tertiary/aromatic N) is 1. The second-order valence-electron chi connectivity index (χ2n) is 3.70. The average molecular weight is 297 g/mol. The Labute approximate surface area is 130 Å². The van der Waals surface area contributed by atoms with Crippen molar-refractivity contribution >= 4 is 72.8 Å². The van der Waals surface area contributed by atoms with E-state index in [4.69, 9.17) is 5.73 Å². The van der Waals surface area contributed by atoms with E-state index in [-0.39, 0.29) is 29.6 Å². The third kappa shape index (κ3) is 2.08. The number of nitrogen functional groups attached to an aromatic ring is 1. The molecule has 0 saturated carbocycles. The first-order valence-electron chi connectivity index (χ1n) is 4.99. The normalized spacial score (nSPS) is 10.4. The quantitative estimate of drug-likeness (QED) is 0.511. The first-order chi connectivity index (χ1) is 7.77. The maximum absolute atomic E-state index is 5.96. The zero-order chi connectivity index (χ0) is 11.1. The molecule has 0 atom stereocenters. The molecule has 2 aromatic carbocycles. The Morgan fingerprint density at radius 3 is 2.65 bits per heavy atom. The molecule has 17 heavy (non-hydrogen) atoms. The van der Waals surface area contributed by atoms with Gasteiger partial charge in [-0.1, -0.05) is 40.2 Å². The molecule has 0 amide bonds. The van der Waals surface area contributed by atoms with Gasteiger partial charge in [-0.2, -0.15) is 0 Å². The number of hydrogen-bond acceptors (Lipinski definition) is 2. The molecule has 1 aromatic heterocycles. The van der Waals surface area contributed by atoms with Crippen LogP contribution in [0.4, 0.5) is 5.82 Å². The maximum atomic E-state index is 5.96. The van der Waals surface area contributed by atoms with Crippen molar-refractivity contribution < 1.29 is 0 Å². The van der Waals surface area contributed by atoms with Crippen LogP contribution in [0.3, 0.4) is 0 Å². The first-order valence-corrected chi connectivity index (χ1v) is 5.78. The molecule has 0 saturated heterocycles. The zero-order valence-corrected chi connectivity index (χ0v) is 10.0. The van der Waals surface area contributed by atoms with Crippen LogP contribution in [0, 0.1) is 0 Å². The van der Waals surface area contributed by atoms with Gasteiger partial charge in [-0.3, -0.25) is 0 Å². The van der Waals surface area contributed by atoms with Gasteiger partial charge in [0.2, 0.25) is 0 Å². The van der Waals surface area contributed by atoms with Crippen molar-refractivity contribution in [3.63, 3.8) is 0 Å². The number of hydrogen-bond donors (Lipinski definition) is 1. The van der Waals surface area contributed by atoms with Gasteiger partial charge in [0, 0.05) is 21.4 Å². The zero-order valence-electron chi connectivity index (χ0n) is 8.44. The van der Waals surface area contributed by atoms with Crippen molar-refractivity contribution in [1.29, 1.82) is 0 Å². The van der Waals surface area contributed by atoms with Crippen molar-refractivity contribution in [1.82, 2.24) is 4.98 Å². The molecule has 0 radical (unpaired) electrons. The molecular formula is C13H10BrN2Na. The molecule has 0 bridgehead atoms. The second-order valence-corrected chi connectivity index (χ2v) is 4.55. The Balaban J connectivity index is 0.00000108. The van der Waals surface area contributed by atoms with Crippen LogP contribution in [-0.2, 0) is 0 Å². The van der Waals surface area contributed by atoms with Crippen molar-refractivity contribution in [2.24, 2.45) is 0 Å². The molecule has 0 aliphatic heterocycles. The van der Waals surface area contributed by atoms with E-state index in [1.165, 1.54) is 5.39 Å². The summed E-state index contributed by atoms with van der Waals surface area (Å²) in [6, 6.07) is 12.3. The van der Waals surface area contributed by atoms with Crippen molar-refractivity contribution in [2.75, 3.05) is 5.73 Å². The third-order valence-corrected chi connectivity index (χ3v) is 3.41. The Kier molecular flexibility index (Phi) is 3.73. The summed E-state index contributed by atoms with van der Waals surface area (Å²) in [6.45, 7) is 0. The van der Waals surface area contributed by atoms with Gasteiger partial charge in [-0.25, -0.2) is 4.98 Å². The van der Waals surface area contributed by atoms with Crippen LogP contribution in [0.15, 0.2) is 47.1 Å². The molecule has 0 aliphatic carbocycles. The van der Waals surface area contributed by atoms with E-state index < -0.39 is 0 Å². The van der Waals surface area contributed by atoms with Crippen LogP contribution >= 0.6 is 15.9 Å². The van der Waals surface area contributed by atoms with Crippen LogP contribution in [-0.4, -0.2) is 34.5 Å². The summed E-state index contributed by atoms with van der Waals surface area (Å²) < 4.78 is 1.05. The predicted octanol–water partition coefficient (Wildman–Crippen LogP) is 3.08. The second kappa shape index (κ2) is 4.94. The standard InChI is InChI=1S/C13H9BrN2.Na.H/c14-11-7-8-3-1-2-4-9(8)12-10(11)5-6-16-13(12)15;;/h1-7H,(H2,15,16);;. The molecule has 80 valence electrons. The van der Waals surface area contributed by atoms with E-state index in [2.05, 4.69) is 39.1 Å². The van der Waals surface area contributed by atoms with E-state index in [9.17, 15) is 0 Å². The molecule has 0 spiro atoms. The minimum atomic E-state index is 0. The van der Waals surface area contributed by atoms with Gasteiger partial charge in [-0.15, -0.1) is 0 Å². The molecule has 3 aromatic rings. The van der Waals surface area contributed by atoms with E-state index in [1.54, 1.807) is 6.20 Å². The molecule has 0 fully saturated rings. The molecule has 2 nitrogen and oxygen atoms in total. The summed E-state index contributed by atoms with van der Waals surface area (Å²) in [6.07, 6.45) is 1.73. The van der Waals surface area contributed by atoms with Gasteiger partial charge in [-0.05, 0) is 22.9 Å². The number of nitrogens with two attached hydrogens (primary N) is 1. The summed E-state index contributed by atoms with van der Waals surface area (Å²) in [5, 5.41) is 4.44. The number of benzene rings is 2. The number of anilines is 1. The first kappa shape index (κ1) is 12.8. The number of pyridine rings is 1.